The number of aliphatic hydroxyl groups is 1. The molecule has 1 N–H and O–H groups in total. The van der Waals surface area contributed by atoms with E-state index in [0.29, 0.717) is 16.8 Å². The molecule has 0 bridgehead atoms. The summed E-state index contributed by atoms with van der Waals surface area (Å²) in [5.74, 6) is -1.39. The van der Waals surface area contributed by atoms with E-state index in [4.69, 9.17) is 16.3 Å². The first kappa shape index (κ1) is 27.2. The maximum absolute atomic E-state index is 16.0. The SMILES string of the molecule is Cc1cnc(COc2cc(C)n(-c3c(C)ccc(-n4cccc(C(C)(C)O)c4=O)c3F)c(=O)c2Cl)c(F)c1. The lowest BCUT2D eigenvalue weighted by Crippen LogP contribution is -2.31. The molecule has 0 amide bonds. The number of ether oxygens (including phenoxy) is 1. The van der Waals surface area contributed by atoms with Gasteiger partial charge >= 0.3 is 0 Å². The smallest absolute Gasteiger partial charge is 0.278 e. The highest BCUT2D eigenvalue weighted by Crippen LogP contribution is 2.29. The summed E-state index contributed by atoms with van der Waals surface area (Å²) < 4.78 is 38.0. The van der Waals surface area contributed by atoms with Gasteiger partial charge in [-0.15, -0.1) is 0 Å². The summed E-state index contributed by atoms with van der Waals surface area (Å²) in [4.78, 5) is 30.4. The predicted molar refractivity (Wildman–Crippen MR) is 141 cm³/mol. The lowest BCUT2D eigenvalue weighted by Gasteiger charge is -2.20. The summed E-state index contributed by atoms with van der Waals surface area (Å²) in [5, 5.41) is 10.0. The van der Waals surface area contributed by atoms with Gasteiger partial charge in [0.25, 0.3) is 11.1 Å². The van der Waals surface area contributed by atoms with Crippen LogP contribution in [-0.4, -0.2) is 19.2 Å². The van der Waals surface area contributed by atoms with Crippen LogP contribution in [0.5, 0.6) is 5.75 Å². The normalized spacial score (nSPS) is 11.6. The predicted octanol–water partition coefficient (Wildman–Crippen LogP) is 5.05. The Labute approximate surface area is 222 Å². The average Bonchev–Trinajstić information content (AvgIpc) is 2.83. The van der Waals surface area contributed by atoms with E-state index in [1.165, 1.54) is 56.6 Å². The van der Waals surface area contributed by atoms with Gasteiger partial charge in [-0.3, -0.25) is 23.7 Å². The molecule has 0 saturated heterocycles. The molecule has 1 aromatic carbocycles. The van der Waals surface area contributed by atoms with Crippen molar-refractivity contribution in [3.63, 3.8) is 0 Å². The number of halogens is 3. The molecule has 0 fully saturated rings. The molecule has 38 heavy (non-hydrogen) atoms. The van der Waals surface area contributed by atoms with Gasteiger partial charge in [0, 0.05) is 29.7 Å². The van der Waals surface area contributed by atoms with Crippen LogP contribution in [0.25, 0.3) is 11.4 Å². The minimum Gasteiger partial charge on any atom is -0.485 e. The fraction of sp³-hybridized carbons (Fsp3) is 0.250. The number of aryl methyl sites for hydroxylation is 3. The molecule has 0 aliphatic carbocycles. The summed E-state index contributed by atoms with van der Waals surface area (Å²) in [6, 6.07) is 8.76. The molecule has 198 valence electrons. The van der Waals surface area contributed by atoms with Crippen molar-refractivity contribution in [1.29, 1.82) is 0 Å². The second kappa shape index (κ2) is 10.2. The third kappa shape index (κ3) is 4.99. The zero-order valence-corrected chi connectivity index (χ0v) is 22.2. The molecular formula is C28H26ClF2N3O4. The highest BCUT2D eigenvalue weighted by Gasteiger charge is 2.24. The maximum atomic E-state index is 16.0. The van der Waals surface area contributed by atoms with Crippen LogP contribution in [0.15, 0.2) is 58.4 Å². The standard InChI is InChI=1S/C28H26ClF2N3O4/c1-15-11-19(30)20(32-13-15)14-38-22-12-17(3)34(27(36)23(22)29)25-16(2)8-9-21(24(25)31)33-10-6-7-18(26(33)35)28(4,5)37/h6-13,37H,14H2,1-5H3. The summed E-state index contributed by atoms with van der Waals surface area (Å²) in [6.07, 6.45) is 2.88. The van der Waals surface area contributed by atoms with Crippen molar-refractivity contribution in [3.8, 4) is 17.1 Å². The first-order valence-electron chi connectivity index (χ1n) is 11.7. The Morgan fingerprint density at radius 2 is 1.79 bits per heavy atom. The van der Waals surface area contributed by atoms with Gasteiger partial charge in [-0.25, -0.2) is 8.78 Å². The van der Waals surface area contributed by atoms with Crippen LogP contribution in [-0.2, 0) is 12.2 Å². The number of nitrogens with zero attached hydrogens (tertiary/aromatic N) is 3. The number of hydrogen-bond donors (Lipinski definition) is 1. The molecule has 10 heteroatoms. The Balaban J connectivity index is 1.81. The van der Waals surface area contributed by atoms with Gasteiger partial charge in [0.1, 0.15) is 28.9 Å². The number of pyridine rings is 3. The minimum absolute atomic E-state index is 0.00416. The topological polar surface area (TPSA) is 86.3 Å². The Morgan fingerprint density at radius 3 is 2.45 bits per heavy atom. The molecule has 3 heterocycles. The van der Waals surface area contributed by atoms with E-state index in [1.54, 1.807) is 26.8 Å². The average molecular weight is 542 g/mol. The number of aromatic nitrogens is 3. The van der Waals surface area contributed by atoms with Crippen molar-refractivity contribution in [1.82, 2.24) is 14.1 Å². The van der Waals surface area contributed by atoms with E-state index in [1.807, 2.05) is 0 Å². The van der Waals surface area contributed by atoms with E-state index in [9.17, 15) is 19.1 Å². The second-order valence-corrected chi connectivity index (χ2v) is 9.93. The van der Waals surface area contributed by atoms with Gasteiger partial charge in [0.15, 0.2) is 5.82 Å². The largest absolute Gasteiger partial charge is 0.485 e. The van der Waals surface area contributed by atoms with Crippen molar-refractivity contribution >= 4 is 11.6 Å². The maximum Gasteiger partial charge on any atom is 0.278 e. The molecule has 4 aromatic rings. The Hall–Kier alpha value is -3.82. The highest BCUT2D eigenvalue weighted by molar-refractivity contribution is 6.31. The highest BCUT2D eigenvalue weighted by atomic mass is 35.5. The van der Waals surface area contributed by atoms with Crippen molar-refractivity contribution < 1.29 is 18.6 Å². The van der Waals surface area contributed by atoms with Gasteiger partial charge < -0.3 is 9.84 Å². The van der Waals surface area contributed by atoms with Crippen molar-refractivity contribution in [2.24, 2.45) is 0 Å². The third-order valence-electron chi connectivity index (χ3n) is 6.11. The number of rotatable bonds is 6. The Kier molecular flexibility index (Phi) is 7.27. The van der Waals surface area contributed by atoms with E-state index in [-0.39, 0.29) is 40.0 Å². The van der Waals surface area contributed by atoms with Crippen molar-refractivity contribution in [3.05, 3.63) is 114 Å². The molecule has 4 rings (SSSR count). The Bertz CT molecular complexity index is 1670. The monoisotopic (exact) mass is 541 g/mol. The molecule has 0 saturated carbocycles. The zero-order valence-electron chi connectivity index (χ0n) is 21.5. The Morgan fingerprint density at radius 1 is 1.08 bits per heavy atom. The van der Waals surface area contributed by atoms with Crippen LogP contribution in [0.2, 0.25) is 5.02 Å². The molecule has 0 radical (unpaired) electrons. The van der Waals surface area contributed by atoms with Crippen molar-refractivity contribution in [2.45, 2.75) is 46.8 Å². The quantitative estimate of drug-likeness (QED) is 0.369. The molecule has 7 nitrogen and oxygen atoms in total. The van der Waals surface area contributed by atoms with E-state index in [0.717, 1.165) is 9.13 Å². The molecule has 0 spiro atoms. The van der Waals surface area contributed by atoms with Crippen LogP contribution in [0, 0.1) is 32.4 Å². The molecule has 0 unspecified atom stereocenters. The summed E-state index contributed by atoms with van der Waals surface area (Å²) in [5.41, 5.74) is -1.51. The molecule has 0 aliphatic heterocycles. The van der Waals surface area contributed by atoms with Crippen LogP contribution in [0.4, 0.5) is 8.78 Å². The van der Waals surface area contributed by atoms with E-state index < -0.39 is 28.4 Å². The van der Waals surface area contributed by atoms with E-state index >= 15 is 4.39 Å². The first-order chi connectivity index (χ1) is 17.8. The fourth-order valence-electron chi connectivity index (χ4n) is 4.14. The van der Waals surface area contributed by atoms with Crippen LogP contribution in [0.3, 0.4) is 0 Å². The third-order valence-corrected chi connectivity index (χ3v) is 6.45. The van der Waals surface area contributed by atoms with Crippen LogP contribution >= 0.6 is 11.6 Å². The zero-order chi connectivity index (χ0) is 27.9. The summed E-state index contributed by atoms with van der Waals surface area (Å²) in [6.45, 7) is 7.55. The molecule has 0 atom stereocenters. The van der Waals surface area contributed by atoms with E-state index in [2.05, 4.69) is 4.98 Å². The van der Waals surface area contributed by atoms with Gasteiger partial charge in [-0.1, -0.05) is 17.7 Å². The second-order valence-electron chi connectivity index (χ2n) is 9.55. The van der Waals surface area contributed by atoms with Crippen LogP contribution in [0.1, 0.15) is 41.9 Å². The lowest BCUT2D eigenvalue weighted by molar-refractivity contribution is 0.0767. The van der Waals surface area contributed by atoms with Crippen molar-refractivity contribution in [2.75, 3.05) is 0 Å². The first-order valence-corrected chi connectivity index (χ1v) is 12.1. The van der Waals surface area contributed by atoms with Gasteiger partial charge in [-0.2, -0.15) is 0 Å². The molecule has 0 aliphatic rings. The fourth-order valence-corrected chi connectivity index (χ4v) is 4.33. The number of hydrogen-bond acceptors (Lipinski definition) is 5. The lowest BCUT2D eigenvalue weighted by atomic mass is 10.00. The van der Waals surface area contributed by atoms with Crippen LogP contribution < -0.4 is 15.9 Å². The summed E-state index contributed by atoms with van der Waals surface area (Å²) >= 11 is 6.33. The summed E-state index contributed by atoms with van der Waals surface area (Å²) in [7, 11) is 0. The van der Waals surface area contributed by atoms with Gasteiger partial charge in [-0.05, 0) is 70.0 Å². The number of benzene rings is 1. The van der Waals surface area contributed by atoms with Gasteiger partial charge in [0.05, 0.1) is 17.0 Å². The van der Waals surface area contributed by atoms with Gasteiger partial charge in [0.2, 0.25) is 0 Å². The molecule has 3 aromatic heterocycles. The molecular weight excluding hydrogens is 516 g/mol. The minimum atomic E-state index is -1.45.